The van der Waals surface area contributed by atoms with E-state index in [9.17, 15) is 19.0 Å². The third-order valence-electron chi connectivity index (χ3n) is 9.97. The first-order chi connectivity index (χ1) is 16.1. The molecule has 3 saturated carbocycles. The lowest BCUT2D eigenvalue weighted by Gasteiger charge is -2.45. The largest absolute Gasteiger partial charge is 0.392 e. The van der Waals surface area contributed by atoms with Crippen LogP contribution in [-0.4, -0.2) is 53.4 Å². The van der Waals surface area contributed by atoms with Crippen molar-refractivity contribution in [2.45, 2.75) is 90.8 Å². The highest BCUT2D eigenvalue weighted by atomic mass is 19.3. The zero-order chi connectivity index (χ0) is 24.6. The normalized spacial score (nSPS) is 43.0. The lowest BCUT2D eigenvalue weighted by atomic mass is 9.61. The molecule has 5 heteroatoms. The predicted octanol–water partition coefficient (Wildman–Crippen LogP) is 5.99. The van der Waals surface area contributed by atoms with Crippen molar-refractivity contribution in [3.63, 3.8) is 0 Å². The minimum absolute atomic E-state index is 0.178. The Morgan fingerprint density at radius 3 is 2.68 bits per heavy atom. The van der Waals surface area contributed by atoms with Crippen molar-refractivity contribution < 1.29 is 19.0 Å². The molecule has 0 radical (unpaired) electrons. The van der Waals surface area contributed by atoms with Crippen LogP contribution in [0.25, 0.3) is 0 Å². The molecule has 3 aliphatic carbocycles. The molecule has 0 amide bonds. The Hall–Kier alpha value is -1.04. The quantitative estimate of drug-likeness (QED) is 0.511. The summed E-state index contributed by atoms with van der Waals surface area (Å²) in [5, 5.41) is 20.8. The van der Waals surface area contributed by atoms with E-state index in [2.05, 4.69) is 37.5 Å². The van der Waals surface area contributed by atoms with Gasteiger partial charge in [0.25, 0.3) is 0 Å². The van der Waals surface area contributed by atoms with Crippen LogP contribution in [0.4, 0.5) is 8.78 Å². The SMILES string of the molecule is C=C1/C(=C\C=C2/CCC[C@]3(C)[C@@H]([C@H](C)CN4CCC[C@H](C(F)F)C4)CC[C@@H]23)C[C@@H](O)[C@H](C)[C@@H]1O. The maximum atomic E-state index is 13.3. The molecule has 0 bridgehead atoms. The zero-order valence-electron chi connectivity index (χ0n) is 21.4. The van der Waals surface area contributed by atoms with Gasteiger partial charge in [-0.2, -0.15) is 0 Å². The summed E-state index contributed by atoms with van der Waals surface area (Å²) in [5.41, 5.74) is 3.48. The number of halogens is 2. The topological polar surface area (TPSA) is 43.7 Å². The summed E-state index contributed by atoms with van der Waals surface area (Å²) < 4.78 is 26.6. The molecular formula is C29H45F2NO2. The molecule has 4 fully saturated rings. The first kappa shape index (κ1) is 26.0. The number of alkyl halides is 2. The lowest BCUT2D eigenvalue weighted by Crippen LogP contribution is -2.44. The summed E-state index contributed by atoms with van der Waals surface area (Å²) in [6.07, 6.45) is 9.02. The van der Waals surface area contributed by atoms with E-state index in [1.807, 2.05) is 6.92 Å². The maximum Gasteiger partial charge on any atom is 0.242 e. The zero-order valence-corrected chi connectivity index (χ0v) is 21.4. The number of hydrogen-bond acceptors (Lipinski definition) is 3. The second-order valence-electron chi connectivity index (χ2n) is 12.1. The van der Waals surface area contributed by atoms with Gasteiger partial charge in [0.15, 0.2) is 0 Å². The molecule has 0 aromatic rings. The van der Waals surface area contributed by atoms with E-state index in [0.29, 0.717) is 37.1 Å². The summed E-state index contributed by atoms with van der Waals surface area (Å²) in [5.74, 6) is 1.05. The van der Waals surface area contributed by atoms with Crippen molar-refractivity contribution in [3.05, 3.63) is 35.5 Å². The molecule has 1 aliphatic heterocycles. The van der Waals surface area contributed by atoms with Crippen LogP contribution in [0.5, 0.6) is 0 Å². The van der Waals surface area contributed by atoms with Crippen LogP contribution in [0.1, 0.15) is 72.1 Å². The van der Waals surface area contributed by atoms with Crippen molar-refractivity contribution in [1.82, 2.24) is 4.90 Å². The Labute approximate surface area is 205 Å². The molecule has 0 spiro atoms. The van der Waals surface area contributed by atoms with Crippen molar-refractivity contribution >= 4 is 0 Å². The monoisotopic (exact) mass is 477 g/mol. The number of fused-ring (bicyclic) bond motifs is 1. The summed E-state index contributed by atoms with van der Waals surface area (Å²) in [6, 6.07) is 0. The smallest absolute Gasteiger partial charge is 0.242 e. The number of nitrogens with zero attached hydrogens (tertiary/aromatic N) is 1. The van der Waals surface area contributed by atoms with Crippen LogP contribution >= 0.6 is 0 Å². The van der Waals surface area contributed by atoms with Crippen molar-refractivity contribution in [1.29, 1.82) is 0 Å². The number of aliphatic hydroxyl groups excluding tert-OH is 2. The van der Waals surface area contributed by atoms with Crippen LogP contribution in [-0.2, 0) is 0 Å². The number of likely N-dealkylation sites (tertiary alicyclic amines) is 1. The van der Waals surface area contributed by atoms with E-state index in [-0.39, 0.29) is 11.3 Å². The van der Waals surface area contributed by atoms with Gasteiger partial charge in [0.2, 0.25) is 6.43 Å². The standard InChI is InChI=1S/C29H45F2NO2/c1-18(16-32-14-6-8-23(17-32)28(30)31)24-11-12-25-21(7-5-13-29(24,25)4)9-10-22-15-26(33)20(3)27(34)19(22)2/h9-10,18,20,23-28,33-34H,2,5-8,11-17H2,1,3-4H3/b21-9+,22-10-/t18-,20+,23+,24-,25+,26-,27-,29-/m1/s1. The van der Waals surface area contributed by atoms with Gasteiger partial charge in [-0.15, -0.1) is 0 Å². The molecule has 4 rings (SSSR count). The second-order valence-corrected chi connectivity index (χ2v) is 12.1. The highest BCUT2D eigenvalue weighted by molar-refractivity contribution is 5.39. The molecule has 4 aliphatic rings. The average Bonchev–Trinajstić information content (AvgIpc) is 3.17. The van der Waals surface area contributed by atoms with Gasteiger partial charge in [-0.3, -0.25) is 0 Å². The third-order valence-corrected chi connectivity index (χ3v) is 9.97. The highest BCUT2D eigenvalue weighted by Gasteiger charge is 2.51. The number of aliphatic hydroxyl groups is 2. The number of piperidine rings is 1. The van der Waals surface area contributed by atoms with Crippen molar-refractivity contribution in [2.24, 2.45) is 35.0 Å². The van der Waals surface area contributed by atoms with Crippen LogP contribution in [0, 0.1) is 35.0 Å². The Balaban J connectivity index is 1.45. The fourth-order valence-corrected chi connectivity index (χ4v) is 7.85. The van der Waals surface area contributed by atoms with Crippen molar-refractivity contribution in [3.8, 4) is 0 Å². The number of rotatable bonds is 5. The fourth-order valence-electron chi connectivity index (χ4n) is 7.85. The minimum Gasteiger partial charge on any atom is -0.392 e. The van der Waals surface area contributed by atoms with Crippen LogP contribution in [0.3, 0.4) is 0 Å². The van der Waals surface area contributed by atoms with Crippen LogP contribution in [0.15, 0.2) is 35.5 Å². The van der Waals surface area contributed by atoms with Gasteiger partial charge in [0.05, 0.1) is 12.2 Å². The van der Waals surface area contributed by atoms with Crippen LogP contribution in [0.2, 0.25) is 0 Å². The number of allylic oxidation sites excluding steroid dienone is 3. The first-order valence-electron chi connectivity index (χ1n) is 13.6. The summed E-state index contributed by atoms with van der Waals surface area (Å²) >= 11 is 0. The van der Waals surface area contributed by atoms with Gasteiger partial charge in [0.1, 0.15) is 0 Å². The van der Waals surface area contributed by atoms with E-state index in [0.717, 1.165) is 37.1 Å². The van der Waals surface area contributed by atoms with Gasteiger partial charge in [-0.25, -0.2) is 8.78 Å². The Bertz CT molecular complexity index is 808. The molecule has 1 heterocycles. The van der Waals surface area contributed by atoms with Gasteiger partial charge < -0.3 is 15.1 Å². The molecule has 0 unspecified atom stereocenters. The molecule has 0 aromatic carbocycles. The molecule has 192 valence electrons. The summed E-state index contributed by atoms with van der Waals surface area (Å²) in [4.78, 5) is 2.30. The van der Waals surface area contributed by atoms with Gasteiger partial charge in [-0.1, -0.05) is 45.1 Å². The van der Waals surface area contributed by atoms with Crippen molar-refractivity contribution in [2.75, 3.05) is 19.6 Å². The Kier molecular flexibility index (Phi) is 8.06. The van der Waals surface area contributed by atoms with Crippen LogP contribution < -0.4 is 0 Å². The van der Waals surface area contributed by atoms with Gasteiger partial charge in [-0.05, 0) is 92.2 Å². The second kappa shape index (κ2) is 10.5. The first-order valence-corrected chi connectivity index (χ1v) is 13.6. The highest BCUT2D eigenvalue weighted by Crippen LogP contribution is 2.59. The third kappa shape index (κ3) is 5.08. The summed E-state index contributed by atoms with van der Waals surface area (Å²) in [7, 11) is 0. The molecular weight excluding hydrogens is 432 g/mol. The molecule has 3 nitrogen and oxygen atoms in total. The molecule has 1 saturated heterocycles. The molecule has 8 atom stereocenters. The Morgan fingerprint density at radius 1 is 1.18 bits per heavy atom. The fraction of sp³-hybridized carbons (Fsp3) is 0.793. The van der Waals surface area contributed by atoms with E-state index in [1.54, 1.807) is 0 Å². The molecule has 34 heavy (non-hydrogen) atoms. The summed E-state index contributed by atoms with van der Waals surface area (Å²) in [6.45, 7) is 13.2. The van der Waals surface area contributed by atoms with E-state index in [1.165, 1.54) is 31.3 Å². The number of hydrogen-bond donors (Lipinski definition) is 2. The molecule has 0 aromatic heterocycles. The van der Waals surface area contributed by atoms with E-state index in [4.69, 9.17) is 0 Å². The maximum absolute atomic E-state index is 13.3. The minimum atomic E-state index is -2.20. The van der Waals surface area contributed by atoms with E-state index >= 15 is 0 Å². The van der Waals surface area contributed by atoms with Gasteiger partial charge >= 0.3 is 0 Å². The van der Waals surface area contributed by atoms with Gasteiger partial charge in [0, 0.05) is 24.9 Å². The predicted molar refractivity (Wildman–Crippen MR) is 134 cm³/mol. The van der Waals surface area contributed by atoms with E-state index < -0.39 is 24.6 Å². The Morgan fingerprint density at radius 2 is 1.94 bits per heavy atom. The average molecular weight is 478 g/mol. The molecule has 2 N–H and O–H groups in total. The lowest BCUT2D eigenvalue weighted by molar-refractivity contribution is 0.0132.